The smallest absolute Gasteiger partial charge is 0.410 e. The van der Waals surface area contributed by atoms with Crippen LogP contribution in [0.25, 0.3) is 0 Å². The molecule has 5 nitrogen and oxygen atoms in total. The lowest BCUT2D eigenvalue weighted by molar-refractivity contribution is -0.150. The molecule has 0 aliphatic heterocycles. The number of esters is 1. The molecule has 0 aromatic rings. The fourth-order valence-corrected chi connectivity index (χ4v) is 2.12. The number of amides is 1. The second kappa shape index (κ2) is 11.3. The second-order valence-electron chi connectivity index (χ2n) is 6.50. The van der Waals surface area contributed by atoms with Gasteiger partial charge >= 0.3 is 12.1 Å². The average Bonchev–Trinajstić information content (AvgIpc) is 2.44. The maximum Gasteiger partial charge on any atom is 0.410 e. The monoisotopic (exact) mass is 315 g/mol. The van der Waals surface area contributed by atoms with Crippen molar-refractivity contribution in [3.05, 3.63) is 0 Å². The first-order chi connectivity index (χ1) is 10.3. The van der Waals surface area contributed by atoms with Crippen LogP contribution in [-0.4, -0.2) is 43.3 Å². The van der Waals surface area contributed by atoms with Gasteiger partial charge < -0.3 is 9.47 Å². The number of carbonyl (C=O) groups is 2. The molecule has 0 N–H and O–H groups in total. The number of rotatable bonds is 10. The lowest BCUT2D eigenvalue weighted by Gasteiger charge is -2.29. The summed E-state index contributed by atoms with van der Waals surface area (Å²) in [5.41, 5.74) is 0. The number of hydrogen-bond acceptors (Lipinski definition) is 4. The van der Waals surface area contributed by atoms with E-state index in [2.05, 4.69) is 6.92 Å². The topological polar surface area (TPSA) is 55.8 Å². The van der Waals surface area contributed by atoms with E-state index in [0.29, 0.717) is 13.2 Å². The van der Waals surface area contributed by atoms with Crippen LogP contribution in [0.15, 0.2) is 0 Å². The fraction of sp³-hybridized carbons (Fsp3) is 0.882. The van der Waals surface area contributed by atoms with Crippen molar-refractivity contribution in [2.75, 3.05) is 20.3 Å². The molecule has 130 valence electrons. The average molecular weight is 315 g/mol. The Balaban J connectivity index is 4.43. The van der Waals surface area contributed by atoms with Crippen molar-refractivity contribution in [2.45, 2.75) is 66.3 Å². The highest BCUT2D eigenvalue weighted by Gasteiger charge is 2.32. The number of hydrogen-bond donors (Lipinski definition) is 0. The number of likely N-dealkylation sites (N-methyl/N-ethyl adjacent to an activating group) is 1. The molecule has 5 heteroatoms. The van der Waals surface area contributed by atoms with Crippen molar-refractivity contribution in [2.24, 2.45) is 11.8 Å². The molecular weight excluding hydrogens is 282 g/mol. The van der Waals surface area contributed by atoms with Gasteiger partial charge in [-0.1, -0.05) is 53.9 Å². The lowest BCUT2D eigenvalue weighted by atomic mass is 10.0. The van der Waals surface area contributed by atoms with Gasteiger partial charge in [0.25, 0.3) is 0 Å². The summed E-state index contributed by atoms with van der Waals surface area (Å²) < 4.78 is 10.5. The molecule has 0 rings (SSSR count). The van der Waals surface area contributed by atoms with E-state index in [9.17, 15) is 9.59 Å². The van der Waals surface area contributed by atoms with Gasteiger partial charge in [0.15, 0.2) is 0 Å². The largest absolute Gasteiger partial charge is 0.464 e. The van der Waals surface area contributed by atoms with Crippen molar-refractivity contribution in [1.29, 1.82) is 0 Å². The minimum Gasteiger partial charge on any atom is -0.464 e. The third-order valence-electron chi connectivity index (χ3n) is 3.36. The highest BCUT2D eigenvalue weighted by molar-refractivity contribution is 5.81. The Morgan fingerprint density at radius 3 is 2.14 bits per heavy atom. The van der Waals surface area contributed by atoms with Crippen molar-refractivity contribution in [3.63, 3.8) is 0 Å². The van der Waals surface area contributed by atoms with Crippen LogP contribution in [0.1, 0.15) is 60.3 Å². The molecule has 0 bridgehead atoms. The summed E-state index contributed by atoms with van der Waals surface area (Å²) in [6, 6.07) is -0.606. The van der Waals surface area contributed by atoms with Crippen LogP contribution in [0.4, 0.5) is 4.79 Å². The van der Waals surface area contributed by atoms with Crippen LogP contribution < -0.4 is 0 Å². The molecule has 1 amide bonds. The Kier molecular flexibility index (Phi) is 10.7. The second-order valence-corrected chi connectivity index (χ2v) is 6.50. The number of carbonyl (C=O) groups excluding carboxylic acids is 2. The minimum atomic E-state index is -0.606. The summed E-state index contributed by atoms with van der Waals surface area (Å²) in [6.45, 7) is 10.6. The van der Waals surface area contributed by atoms with Crippen LogP contribution in [0.2, 0.25) is 0 Å². The summed E-state index contributed by atoms with van der Waals surface area (Å²) in [4.78, 5) is 25.6. The van der Waals surface area contributed by atoms with E-state index in [4.69, 9.17) is 9.47 Å². The molecule has 0 saturated heterocycles. The standard InChI is InChI=1S/C17H33NO4/c1-7-8-9-10-11-21-16(19)15(14(4)5)18(6)17(20)22-12-13(2)3/h13-15H,7-12H2,1-6H3. The van der Waals surface area contributed by atoms with Crippen LogP contribution in [0.5, 0.6) is 0 Å². The van der Waals surface area contributed by atoms with E-state index in [1.165, 1.54) is 4.90 Å². The molecule has 0 aliphatic rings. The predicted octanol–water partition coefficient (Wildman–Crippen LogP) is 3.86. The van der Waals surface area contributed by atoms with E-state index in [1.807, 2.05) is 27.7 Å². The first-order valence-electron chi connectivity index (χ1n) is 8.37. The number of unbranched alkanes of at least 4 members (excludes halogenated alkanes) is 3. The molecule has 0 aliphatic carbocycles. The predicted molar refractivity (Wildman–Crippen MR) is 87.7 cm³/mol. The summed E-state index contributed by atoms with van der Waals surface area (Å²) >= 11 is 0. The van der Waals surface area contributed by atoms with Gasteiger partial charge in [0.1, 0.15) is 6.04 Å². The zero-order valence-electron chi connectivity index (χ0n) is 15.1. The van der Waals surface area contributed by atoms with Gasteiger partial charge in [0.2, 0.25) is 0 Å². The van der Waals surface area contributed by atoms with Gasteiger partial charge in [0.05, 0.1) is 13.2 Å². The van der Waals surface area contributed by atoms with E-state index >= 15 is 0 Å². The van der Waals surface area contributed by atoms with E-state index in [-0.39, 0.29) is 17.8 Å². The molecule has 0 spiro atoms. The molecular formula is C17H33NO4. The zero-order chi connectivity index (χ0) is 17.1. The van der Waals surface area contributed by atoms with Gasteiger partial charge in [0, 0.05) is 7.05 Å². The molecule has 0 heterocycles. The Morgan fingerprint density at radius 2 is 1.64 bits per heavy atom. The zero-order valence-corrected chi connectivity index (χ0v) is 15.1. The molecule has 1 atom stereocenters. The minimum absolute atomic E-state index is 0.0280. The highest BCUT2D eigenvalue weighted by atomic mass is 16.6. The Hall–Kier alpha value is -1.26. The van der Waals surface area contributed by atoms with Gasteiger partial charge in [-0.05, 0) is 18.3 Å². The van der Waals surface area contributed by atoms with Gasteiger partial charge in [-0.2, -0.15) is 0 Å². The van der Waals surface area contributed by atoms with Crippen molar-refractivity contribution in [1.82, 2.24) is 4.90 Å². The van der Waals surface area contributed by atoms with Crippen LogP contribution in [0.3, 0.4) is 0 Å². The van der Waals surface area contributed by atoms with Crippen LogP contribution in [-0.2, 0) is 14.3 Å². The Morgan fingerprint density at radius 1 is 1.00 bits per heavy atom. The maximum atomic E-state index is 12.2. The third kappa shape index (κ3) is 8.25. The quantitative estimate of drug-likeness (QED) is 0.454. The molecule has 22 heavy (non-hydrogen) atoms. The van der Waals surface area contributed by atoms with E-state index in [0.717, 1.165) is 25.7 Å². The van der Waals surface area contributed by atoms with E-state index in [1.54, 1.807) is 7.05 Å². The van der Waals surface area contributed by atoms with Crippen molar-refractivity contribution in [3.8, 4) is 0 Å². The maximum absolute atomic E-state index is 12.2. The highest BCUT2D eigenvalue weighted by Crippen LogP contribution is 2.13. The SMILES string of the molecule is CCCCCCOC(=O)C(C(C)C)N(C)C(=O)OCC(C)C. The van der Waals surface area contributed by atoms with Gasteiger partial charge in [-0.3, -0.25) is 4.90 Å². The number of nitrogens with zero attached hydrogens (tertiary/aromatic N) is 1. The summed E-state index contributed by atoms with van der Waals surface area (Å²) in [5.74, 6) is -0.115. The Bertz CT molecular complexity index is 329. The lowest BCUT2D eigenvalue weighted by Crippen LogP contribution is -2.47. The van der Waals surface area contributed by atoms with Crippen molar-refractivity contribution < 1.29 is 19.1 Å². The Labute approximate surface area is 135 Å². The third-order valence-corrected chi connectivity index (χ3v) is 3.36. The first kappa shape index (κ1) is 20.7. The van der Waals surface area contributed by atoms with Crippen LogP contribution >= 0.6 is 0 Å². The molecule has 1 unspecified atom stereocenters. The molecule has 0 saturated carbocycles. The van der Waals surface area contributed by atoms with E-state index < -0.39 is 12.1 Å². The van der Waals surface area contributed by atoms with Gasteiger partial charge in [-0.15, -0.1) is 0 Å². The molecule has 0 radical (unpaired) electrons. The number of ether oxygens (including phenoxy) is 2. The summed E-state index contributed by atoms with van der Waals surface area (Å²) in [5, 5.41) is 0. The fourth-order valence-electron chi connectivity index (χ4n) is 2.12. The molecule has 0 aromatic heterocycles. The van der Waals surface area contributed by atoms with Gasteiger partial charge in [-0.25, -0.2) is 9.59 Å². The summed E-state index contributed by atoms with van der Waals surface area (Å²) in [7, 11) is 1.59. The molecule has 0 fully saturated rings. The van der Waals surface area contributed by atoms with Crippen molar-refractivity contribution >= 4 is 12.1 Å². The summed E-state index contributed by atoms with van der Waals surface area (Å²) in [6.07, 6.45) is 3.74. The van der Waals surface area contributed by atoms with Crippen LogP contribution in [0, 0.1) is 11.8 Å². The first-order valence-corrected chi connectivity index (χ1v) is 8.37. The molecule has 0 aromatic carbocycles. The normalized spacial score (nSPS) is 12.4.